The minimum atomic E-state index is -0.639. The number of thiophene rings is 1. The molecule has 0 bridgehead atoms. The SMILES string of the molecule is N#Cc1ccc(C(O)CSc2nnnn2Cc2cccs2)cc1. The van der Waals surface area contributed by atoms with E-state index in [0.717, 1.165) is 5.56 Å². The van der Waals surface area contributed by atoms with Crippen LogP contribution in [0, 0.1) is 11.3 Å². The molecule has 8 heteroatoms. The first-order valence-electron chi connectivity index (χ1n) is 6.86. The normalized spacial score (nSPS) is 12.0. The summed E-state index contributed by atoms with van der Waals surface area (Å²) < 4.78 is 1.72. The van der Waals surface area contributed by atoms with E-state index in [4.69, 9.17) is 5.26 Å². The van der Waals surface area contributed by atoms with Gasteiger partial charge in [0.2, 0.25) is 5.16 Å². The van der Waals surface area contributed by atoms with Crippen molar-refractivity contribution in [3.8, 4) is 6.07 Å². The molecule has 23 heavy (non-hydrogen) atoms. The van der Waals surface area contributed by atoms with E-state index in [0.29, 0.717) is 23.0 Å². The van der Waals surface area contributed by atoms with Crippen LogP contribution in [-0.2, 0) is 6.54 Å². The molecule has 0 saturated heterocycles. The average Bonchev–Trinajstić information content (AvgIpc) is 3.25. The second kappa shape index (κ2) is 7.37. The summed E-state index contributed by atoms with van der Waals surface area (Å²) in [5.41, 5.74) is 1.35. The number of aliphatic hydroxyl groups excluding tert-OH is 1. The number of nitrogens with zero attached hydrogens (tertiary/aromatic N) is 5. The molecular weight excluding hydrogens is 330 g/mol. The second-order valence-corrected chi connectivity index (χ2v) is 6.78. The topological polar surface area (TPSA) is 87.6 Å². The van der Waals surface area contributed by atoms with Gasteiger partial charge in [0.05, 0.1) is 24.3 Å². The van der Waals surface area contributed by atoms with Gasteiger partial charge in [-0.2, -0.15) is 5.26 Å². The van der Waals surface area contributed by atoms with Gasteiger partial charge < -0.3 is 5.11 Å². The Bertz CT molecular complexity index is 792. The summed E-state index contributed by atoms with van der Waals surface area (Å²) in [6, 6.07) is 13.0. The van der Waals surface area contributed by atoms with Gasteiger partial charge in [-0.15, -0.1) is 16.4 Å². The van der Waals surface area contributed by atoms with Crippen molar-refractivity contribution < 1.29 is 5.11 Å². The van der Waals surface area contributed by atoms with Crippen LogP contribution in [0.1, 0.15) is 22.1 Å². The van der Waals surface area contributed by atoms with Crippen LogP contribution in [0.15, 0.2) is 46.9 Å². The Kier molecular flexibility index (Phi) is 5.02. The van der Waals surface area contributed by atoms with Crippen molar-refractivity contribution in [2.75, 3.05) is 5.75 Å². The average molecular weight is 343 g/mol. The summed E-state index contributed by atoms with van der Waals surface area (Å²) in [7, 11) is 0. The van der Waals surface area contributed by atoms with Crippen LogP contribution in [0.4, 0.5) is 0 Å². The molecule has 1 N–H and O–H groups in total. The molecular formula is C15H13N5OS2. The molecule has 0 aliphatic carbocycles. The van der Waals surface area contributed by atoms with E-state index < -0.39 is 6.10 Å². The number of hydrogen-bond donors (Lipinski definition) is 1. The standard InChI is InChI=1S/C15H13N5OS2/c16-8-11-3-5-12(6-4-11)14(21)10-23-15-17-18-19-20(15)9-13-2-1-7-22-13/h1-7,14,21H,9-10H2. The summed E-state index contributed by atoms with van der Waals surface area (Å²) in [4.78, 5) is 1.17. The predicted octanol–water partition coefficient (Wildman–Crippen LogP) is 2.48. The summed E-state index contributed by atoms with van der Waals surface area (Å²) in [6.07, 6.45) is -0.639. The van der Waals surface area contributed by atoms with Gasteiger partial charge in [0.15, 0.2) is 0 Å². The Morgan fingerprint density at radius 3 is 2.83 bits per heavy atom. The maximum Gasteiger partial charge on any atom is 0.209 e. The maximum atomic E-state index is 10.3. The largest absolute Gasteiger partial charge is 0.388 e. The molecule has 1 atom stereocenters. The Labute approximate surface area is 141 Å². The van der Waals surface area contributed by atoms with Gasteiger partial charge in [-0.25, -0.2) is 4.68 Å². The summed E-state index contributed by atoms with van der Waals surface area (Å²) in [5.74, 6) is 0.441. The smallest absolute Gasteiger partial charge is 0.209 e. The molecule has 0 saturated carbocycles. The van der Waals surface area contributed by atoms with Crippen LogP contribution in [-0.4, -0.2) is 31.1 Å². The number of nitriles is 1. The van der Waals surface area contributed by atoms with E-state index >= 15 is 0 Å². The van der Waals surface area contributed by atoms with Gasteiger partial charge in [0.25, 0.3) is 0 Å². The number of thioether (sulfide) groups is 1. The van der Waals surface area contributed by atoms with Crippen molar-refractivity contribution >= 4 is 23.1 Å². The molecule has 3 aromatic rings. The molecule has 1 unspecified atom stereocenters. The predicted molar refractivity (Wildman–Crippen MR) is 88.1 cm³/mol. The zero-order valence-corrected chi connectivity index (χ0v) is 13.7. The van der Waals surface area contributed by atoms with Crippen molar-refractivity contribution in [1.29, 1.82) is 5.26 Å². The molecule has 2 heterocycles. The lowest BCUT2D eigenvalue weighted by molar-refractivity contribution is 0.204. The van der Waals surface area contributed by atoms with E-state index in [9.17, 15) is 5.11 Å². The molecule has 1 aromatic carbocycles. The Morgan fingerprint density at radius 2 is 2.13 bits per heavy atom. The molecule has 6 nitrogen and oxygen atoms in total. The second-order valence-electron chi connectivity index (χ2n) is 4.76. The van der Waals surface area contributed by atoms with E-state index in [1.54, 1.807) is 40.3 Å². The van der Waals surface area contributed by atoms with Crippen LogP contribution in [0.25, 0.3) is 0 Å². The minimum absolute atomic E-state index is 0.441. The third kappa shape index (κ3) is 3.96. The number of hydrogen-bond acceptors (Lipinski definition) is 7. The van der Waals surface area contributed by atoms with Crippen LogP contribution in [0.3, 0.4) is 0 Å². The number of rotatable bonds is 6. The van der Waals surface area contributed by atoms with Crippen molar-refractivity contribution in [3.05, 3.63) is 57.8 Å². The first-order valence-corrected chi connectivity index (χ1v) is 8.72. The third-order valence-corrected chi connectivity index (χ3v) is 5.07. The van der Waals surface area contributed by atoms with Gasteiger partial charge in [0.1, 0.15) is 0 Å². The molecule has 0 aliphatic heterocycles. The number of aromatic nitrogens is 4. The van der Waals surface area contributed by atoms with Crippen molar-refractivity contribution in [2.24, 2.45) is 0 Å². The molecule has 0 aliphatic rings. The number of aliphatic hydroxyl groups is 1. The zero-order valence-electron chi connectivity index (χ0n) is 12.0. The quantitative estimate of drug-likeness (QED) is 0.692. The van der Waals surface area contributed by atoms with E-state index in [1.165, 1.54) is 16.6 Å². The van der Waals surface area contributed by atoms with Crippen LogP contribution < -0.4 is 0 Å². The highest BCUT2D eigenvalue weighted by molar-refractivity contribution is 7.99. The van der Waals surface area contributed by atoms with Gasteiger partial charge in [0, 0.05) is 10.6 Å². The summed E-state index contributed by atoms with van der Waals surface area (Å²) >= 11 is 3.06. The molecule has 2 aromatic heterocycles. The number of benzene rings is 1. The highest BCUT2D eigenvalue weighted by Gasteiger charge is 2.13. The lowest BCUT2D eigenvalue weighted by atomic mass is 10.1. The third-order valence-electron chi connectivity index (χ3n) is 3.18. The minimum Gasteiger partial charge on any atom is -0.388 e. The van der Waals surface area contributed by atoms with Crippen molar-refractivity contribution in [3.63, 3.8) is 0 Å². The van der Waals surface area contributed by atoms with Gasteiger partial charge in [-0.3, -0.25) is 0 Å². The fourth-order valence-corrected chi connectivity index (χ4v) is 3.51. The fraction of sp³-hybridized carbons (Fsp3) is 0.200. The summed E-state index contributed by atoms with van der Waals surface area (Å²) in [5, 5.41) is 33.4. The Morgan fingerprint density at radius 1 is 1.30 bits per heavy atom. The van der Waals surface area contributed by atoms with Crippen LogP contribution in [0.2, 0.25) is 0 Å². The molecule has 0 fully saturated rings. The van der Waals surface area contributed by atoms with Crippen molar-refractivity contribution in [2.45, 2.75) is 17.8 Å². The molecule has 116 valence electrons. The van der Waals surface area contributed by atoms with Crippen LogP contribution in [0.5, 0.6) is 0 Å². The molecule has 0 radical (unpaired) electrons. The highest BCUT2D eigenvalue weighted by atomic mass is 32.2. The van der Waals surface area contributed by atoms with Gasteiger partial charge in [-0.05, 0) is 39.6 Å². The highest BCUT2D eigenvalue weighted by Crippen LogP contribution is 2.24. The molecule has 0 amide bonds. The summed E-state index contributed by atoms with van der Waals surface area (Å²) in [6.45, 7) is 0.625. The lowest BCUT2D eigenvalue weighted by Gasteiger charge is -2.10. The molecule has 3 rings (SSSR count). The van der Waals surface area contributed by atoms with E-state index in [-0.39, 0.29) is 0 Å². The van der Waals surface area contributed by atoms with Crippen LogP contribution >= 0.6 is 23.1 Å². The van der Waals surface area contributed by atoms with Gasteiger partial charge in [-0.1, -0.05) is 30.0 Å². The lowest BCUT2D eigenvalue weighted by Crippen LogP contribution is -2.05. The number of tetrazole rings is 1. The maximum absolute atomic E-state index is 10.3. The van der Waals surface area contributed by atoms with E-state index in [2.05, 4.69) is 21.6 Å². The molecule has 0 spiro atoms. The van der Waals surface area contributed by atoms with Gasteiger partial charge >= 0.3 is 0 Å². The first kappa shape index (κ1) is 15.7. The first-order chi connectivity index (χ1) is 11.3. The fourth-order valence-electron chi connectivity index (χ4n) is 1.98. The Hall–Kier alpha value is -2.21. The van der Waals surface area contributed by atoms with E-state index in [1.807, 2.05) is 17.5 Å². The van der Waals surface area contributed by atoms with Crippen molar-refractivity contribution in [1.82, 2.24) is 20.2 Å². The monoisotopic (exact) mass is 343 g/mol. The Balaban J connectivity index is 1.61. The zero-order chi connectivity index (χ0) is 16.1.